The smallest absolute Gasteiger partial charge is 0.421 e. The van der Waals surface area contributed by atoms with Crippen LogP contribution < -0.4 is 9.80 Å². The van der Waals surface area contributed by atoms with Crippen LogP contribution in [-0.2, 0) is 11.0 Å². The van der Waals surface area contributed by atoms with E-state index in [1.807, 2.05) is 0 Å². The van der Waals surface area contributed by atoms with Gasteiger partial charge in [-0.05, 0) is 74.7 Å². The van der Waals surface area contributed by atoms with Gasteiger partial charge in [-0.1, -0.05) is 0 Å². The molecule has 2 heterocycles. The fraction of sp³-hybridized carbons (Fsp3) is 0.333. The third kappa shape index (κ3) is 3.29. The van der Waals surface area contributed by atoms with Crippen LogP contribution in [0.4, 0.5) is 24.5 Å². The number of pyridine rings is 1. The Hall–Kier alpha value is -3.19. The molecular weight excluding hydrogens is 429 g/mol. The lowest BCUT2D eigenvalue weighted by molar-refractivity contribution is -0.137. The maximum atomic E-state index is 13.8. The van der Waals surface area contributed by atoms with Crippen molar-refractivity contribution in [3.05, 3.63) is 47.3 Å². The van der Waals surface area contributed by atoms with Gasteiger partial charge in [-0.25, -0.2) is 4.98 Å². The van der Waals surface area contributed by atoms with Crippen molar-refractivity contribution in [1.82, 2.24) is 4.98 Å². The molecule has 1 N–H and O–H groups in total. The number of alkyl halides is 3. The van der Waals surface area contributed by atoms with Gasteiger partial charge < -0.3 is 10.0 Å². The summed E-state index contributed by atoms with van der Waals surface area (Å²) >= 11 is 5.47. The van der Waals surface area contributed by atoms with Gasteiger partial charge in [0.25, 0.3) is 5.91 Å². The Bertz CT molecular complexity index is 1150. The second-order valence-electron chi connectivity index (χ2n) is 8.00. The van der Waals surface area contributed by atoms with E-state index in [1.165, 1.54) is 17.0 Å². The van der Waals surface area contributed by atoms with E-state index in [1.54, 1.807) is 26.0 Å². The van der Waals surface area contributed by atoms with E-state index >= 15 is 0 Å². The molecule has 1 aromatic carbocycles. The van der Waals surface area contributed by atoms with Crippen molar-refractivity contribution in [2.75, 3.05) is 9.80 Å². The minimum atomic E-state index is -4.92. The summed E-state index contributed by atoms with van der Waals surface area (Å²) in [7, 11) is 0. The van der Waals surface area contributed by atoms with Crippen molar-refractivity contribution in [3.8, 4) is 11.8 Å². The highest BCUT2D eigenvalue weighted by molar-refractivity contribution is 7.81. The van der Waals surface area contributed by atoms with Gasteiger partial charge in [0.2, 0.25) is 0 Å². The molecule has 6 nitrogen and oxygen atoms in total. The van der Waals surface area contributed by atoms with Crippen molar-refractivity contribution in [1.29, 1.82) is 5.26 Å². The van der Waals surface area contributed by atoms with E-state index in [0.717, 1.165) is 30.0 Å². The number of amides is 1. The average Bonchev–Trinajstić information content (AvgIpc) is 3.50. The van der Waals surface area contributed by atoms with Gasteiger partial charge in [0, 0.05) is 11.9 Å². The number of rotatable bonds is 3. The molecule has 4 rings (SSSR count). The van der Waals surface area contributed by atoms with Gasteiger partial charge in [-0.3, -0.25) is 9.69 Å². The summed E-state index contributed by atoms with van der Waals surface area (Å²) in [6.45, 7) is 3.12. The van der Waals surface area contributed by atoms with Crippen LogP contribution in [0.2, 0.25) is 0 Å². The van der Waals surface area contributed by atoms with Gasteiger partial charge in [0.05, 0.1) is 5.69 Å². The van der Waals surface area contributed by atoms with Crippen LogP contribution in [0.1, 0.15) is 49.4 Å². The van der Waals surface area contributed by atoms with E-state index in [4.69, 9.17) is 17.5 Å². The molecule has 1 amide bonds. The molecule has 0 spiro atoms. The number of thiocarbonyl (C=S) groups is 1. The molecule has 31 heavy (non-hydrogen) atoms. The summed E-state index contributed by atoms with van der Waals surface area (Å²) < 4.78 is 41.4. The molecule has 1 aliphatic heterocycles. The molecule has 0 atom stereocenters. The Balaban J connectivity index is 1.86. The summed E-state index contributed by atoms with van der Waals surface area (Å²) in [6.07, 6.45) is -2.02. The first-order chi connectivity index (χ1) is 14.5. The molecule has 2 fully saturated rings. The molecule has 1 saturated heterocycles. The van der Waals surface area contributed by atoms with Gasteiger partial charge in [0.1, 0.15) is 22.9 Å². The number of hydrogen-bond donors (Lipinski definition) is 1. The Morgan fingerprint density at radius 2 is 1.97 bits per heavy atom. The molecule has 1 aliphatic carbocycles. The molecule has 2 aliphatic rings. The van der Waals surface area contributed by atoms with E-state index in [9.17, 15) is 23.1 Å². The Labute approximate surface area is 181 Å². The lowest BCUT2D eigenvalue weighted by Gasteiger charge is -2.30. The normalized spacial score (nSPS) is 18.5. The maximum Gasteiger partial charge on any atom is 0.421 e. The predicted molar refractivity (Wildman–Crippen MR) is 111 cm³/mol. The van der Waals surface area contributed by atoms with Gasteiger partial charge in [0.15, 0.2) is 10.8 Å². The van der Waals surface area contributed by atoms with E-state index < -0.39 is 34.6 Å². The Morgan fingerprint density at radius 3 is 2.55 bits per heavy atom. The average molecular weight is 446 g/mol. The molecule has 1 saturated carbocycles. The first-order valence-electron chi connectivity index (χ1n) is 9.46. The third-order valence-electron chi connectivity index (χ3n) is 5.51. The number of nitrogens with zero attached hydrogens (tertiary/aromatic N) is 4. The lowest BCUT2D eigenvalue weighted by Crippen LogP contribution is -2.44. The van der Waals surface area contributed by atoms with Crippen molar-refractivity contribution in [2.24, 2.45) is 0 Å². The second-order valence-corrected chi connectivity index (χ2v) is 8.36. The predicted octanol–water partition coefficient (Wildman–Crippen LogP) is 4.47. The monoisotopic (exact) mass is 446 g/mol. The number of phenolic OH excluding ortho intramolecular Hbond substituents is 1. The number of phenols is 1. The maximum absolute atomic E-state index is 13.8. The van der Waals surface area contributed by atoms with Gasteiger partial charge >= 0.3 is 6.18 Å². The van der Waals surface area contributed by atoms with Crippen LogP contribution in [0.15, 0.2) is 30.5 Å². The molecule has 2 aromatic rings. The van der Waals surface area contributed by atoms with E-state index in [-0.39, 0.29) is 16.8 Å². The Kier molecular flexibility index (Phi) is 4.70. The summed E-state index contributed by atoms with van der Waals surface area (Å²) in [5.74, 6) is -0.329. The minimum Gasteiger partial charge on any atom is -0.508 e. The zero-order valence-electron chi connectivity index (χ0n) is 16.6. The van der Waals surface area contributed by atoms with Crippen LogP contribution in [0.5, 0.6) is 5.75 Å². The molecule has 160 valence electrons. The summed E-state index contributed by atoms with van der Waals surface area (Å²) in [6, 6.07) is 7.25. The standard InChI is InChI=1S/C21H17F3N4O2S/c1-20(2)18(30)27(15-7-8-26-14(10-25)17(15)21(22,23)24)19(31)28(20)12-5-6-16(29)13(9-12)11-3-4-11/h5-9,11,29H,3-4H2,1-2H3. The fourth-order valence-corrected chi connectivity index (χ4v) is 4.36. The van der Waals surface area contributed by atoms with Crippen LogP contribution in [0.25, 0.3) is 0 Å². The molecule has 0 radical (unpaired) electrons. The van der Waals surface area contributed by atoms with Crippen molar-refractivity contribution >= 4 is 34.6 Å². The number of aromatic hydroxyl groups is 1. The van der Waals surface area contributed by atoms with Crippen molar-refractivity contribution in [2.45, 2.75) is 44.3 Å². The highest BCUT2D eigenvalue weighted by Gasteiger charge is 2.53. The number of carbonyl (C=O) groups is 1. The molecule has 10 heteroatoms. The quantitative estimate of drug-likeness (QED) is 0.701. The lowest BCUT2D eigenvalue weighted by atomic mass is 10.0. The summed E-state index contributed by atoms with van der Waals surface area (Å²) in [5.41, 5.74) is -2.77. The zero-order valence-corrected chi connectivity index (χ0v) is 17.4. The first kappa shape index (κ1) is 21.1. The number of aromatic nitrogens is 1. The van der Waals surface area contributed by atoms with Crippen LogP contribution in [0.3, 0.4) is 0 Å². The van der Waals surface area contributed by atoms with Crippen LogP contribution >= 0.6 is 12.2 Å². The van der Waals surface area contributed by atoms with Crippen LogP contribution in [0, 0.1) is 11.3 Å². The fourth-order valence-electron chi connectivity index (χ4n) is 3.85. The van der Waals surface area contributed by atoms with Crippen LogP contribution in [-0.4, -0.2) is 26.6 Å². The summed E-state index contributed by atoms with van der Waals surface area (Å²) in [4.78, 5) is 19.1. The third-order valence-corrected chi connectivity index (χ3v) is 5.88. The van der Waals surface area contributed by atoms with Gasteiger partial charge in [-0.15, -0.1) is 0 Å². The number of hydrogen-bond acceptors (Lipinski definition) is 5. The highest BCUT2D eigenvalue weighted by atomic mass is 32.1. The number of nitriles is 1. The number of halogens is 3. The molecular formula is C21H17F3N4O2S. The topological polar surface area (TPSA) is 80.5 Å². The number of benzene rings is 1. The summed E-state index contributed by atoms with van der Waals surface area (Å²) in [5, 5.41) is 19.2. The Morgan fingerprint density at radius 1 is 1.29 bits per heavy atom. The second kappa shape index (κ2) is 6.92. The van der Waals surface area contributed by atoms with E-state index in [0.29, 0.717) is 11.3 Å². The molecule has 1 aromatic heterocycles. The SMILES string of the molecule is CC1(C)C(=O)N(c2ccnc(C#N)c2C(F)(F)F)C(=S)N1c1ccc(O)c(C2CC2)c1. The molecule has 0 bridgehead atoms. The van der Waals surface area contributed by atoms with Crippen molar-refractivity contribution < 1.29 is 23.1 Å². The molecule has 0 unspecified atom stereocenters. The largest absolute Gasteiger partial charge is 0.508 e. The first-order valence-corrected chi connectivity index (χ1v) is 9.87. The highest BCUT2D eigenvalue weighted by Crippen LogP contribution is 2.47. The van der Waals surface area contributed by atoms with E-state index in [2.05, 4.69) is 4.98 Å². The van der Waals surface area contributed by atoms with Gasteiger partial charge in [-0.2, -0.15) is 18.4 Å². The number of anilines is 2. The zero-order chi connectivity index (χ0) is 22.7. The minimum absolute atomic E-state index is 0.129. The number of carbonyl (C=O) groups excluding carboxylic acids is 1. The van der Waals surface area contributed by atoms with Crippen molar-refractivity contribution in [3.63, 3.8) is 0 Å².